The van der Waals surface area contributed by atoms with Crippen molar-refractivity contribution in [3.63, 3.8) is 0 Å². The average molecular weight is 570 g/mol. The molecule has 2 aromatic heterocycles. The molecule has 208 valence electrons. The molecule has 5 rings (SSSR count). The summed E-state index contributed by atoms with van der Waals surface area (Å²) >= 11 is 0. The first-order chi connectivity index (χ1) is 19.3. The number of carbonyl (C=O) groups is 1. The minimum atomic E-state index is -2.03. The van der Waals surface area contributed by atoms with Crippen LogP contribution in [0.25, 0.3) is 0 Å². The molecule has 0 amide bonds. The summed E-state index contributed by atoms with van der Waals surface area (Å²) in [5.41, 5.74) is -6.72. The fourth-order valence-corrected chi connectivity index (χ4v) is 4.14. The Labute approximate surface area is 226 Å². The van der Waals surface area contributed by atoms with Crippen LogP contribution in [0.1, 0.15) is 41.2 Å². The predicted octanol–water partition coefficient (Wildman–Crippen LogP) is 6.30. The van der Waals surface area contributed by atoms with Gasteiger partial charge in [0.1, 0.15) is 0 Å². The molecule has 15 heteroatoms. The topological polar surface area (TPSA) is 148 Å². The van der Waals surface area contributed by atoms with Crippen molar-refractivity contribution in [3.8, 4) is 23.3 Å². The molecule has 0 aliphatic carbocycles. The molecule has 41 heavy (non-hydrogen) atoms. The molecular weight excluding hydrogens is 556 g/mol. The maximum absolute atomic E-state index is 15.2. The summed E-state index contributed by atoms with van der Waals surface area (Å²) in [6.45, 7) is 3.35. The molecule has 4 aromatic rings. The maximum atomic E-state index is 15.2. The first-order valence-electron chi connectivity index (χ1n) is 11.5. The molecule has 1 aliphatic heterocycles. The third-order valence-electron chi connectivity index (χ3n) is 6.30. The normalized spacial score (nSPS) is 13.7. The Hall–Kier alpha value is -5.47. The molecule has 0 N–H and O–H groups in total. The van der Waals surface area contributed by atoms with Gasteiger partial charge in [-0.2, -0.15) is 17.6 Å². The van der Waals surface area contributed by atoms with Crippen LogP contribution in [0.5, 0.6) is 23.3 Å². The summed E-state index contributed by atoms with van der Waals surface area (Å²) in [5.74, 6) is -12.2. The lowest BCUT2D eigenvalue weighted by molar-refractivity contribution is -0.390. The van der Waals surface area contributed by atoms with Gasteiger partial charge in [-0.15, -0.1) is 0 Å². The third kappa shape index (κ3) is 4.46. The molecule has 0 fully saturated rings. The Morgan fingerprint density at radius 1 is 0.707 bits per heavy atom. The van der Waals surface area contributed by atoms with E-state index in [4.69, 9.17) is 9.47 Å². The number of hydrogen-bond acceptors (Lipinski definition) is 9. The number of carbonyl (C=O) groups excluding carboxylic acids is 1. The summed E-state index contributed by atoms with van der Waals surface area (Å²) in [5, 5.41) is 23.1. The summed E-state index contributed by atoms with van der Waals surface area (Å²) in [7, 11) is 0. The second kappa shape index (κ2) is 9.62. The summed E-state index contributed by atoms with van der Waals surface area (Å²) < 4.78 is 71.3. The number of halogens is 4. The van der Waals surface area contributed by atoms with Gasteiger partial charge >= 0.3 is 11.4 Å². The van der Waals surface area contributed by atoms with Crippen molar-refractivity contribution >= 4 is 17.2 Å². The summed E-state index contributed by atoms with van der Waals surface area (Å²) in [4.78, 5) is 42.0. The fourth-order valence-electron chi connectivity index (χ4n) is 4.14. The first-order valence-corrected chi connectivity index (χ1v) is 11.5. The highest BCUT2D eigenvalue weighted by molar-refractivity contribution is 6.10. The van der Waals surface area contributed by atoms with E-state index >= 15 is 17.6 Å². The molecular formula is C26H14F4N4O7. The summed E-state index contributed by atoms with van der Waals surface area (Å²) in [6, 6.07) is 9.34. The molecule has 8 bridgehead atoms. The standard InChI is InChI=1S/C26H14F4N4O7/c1-26(2)15-5-3-7-17(31-15)40-13-9-11(19(27)23(21(13)29)33(36)37)25(35)12-10-14(22(30)24(20(12)28)34(38)39)41-18-8-4-6-16(26)32-18/h3-10H,1-2H3. The molecule has 3 heterocycles. The van der Waals surface area contributed by atoms with E-state index in [1.165, 1.54) is 24.3 Å². The molecule has 1 aliphatic rings. The Kier molecular flexibility index (Phi) is 6.36. The van der Waals surface area contributed by atoms with Gasteiger partial charge in [0, 0.05) is 17.5 Å². The Morgan fingerprint density at radius 3 is 1.46 bits per heavy atom. The lowest BCUT2D eigenvalue weighted by Crippen LogP contribution is -2.22. The van der Waals surface area contributed by atoms with Gasteiger partial charge < -0.3 is 9.47 Å². The van der Waals surface area contributed by atoms with Crippen molar-refractivity contribution < 1.29 is 41.7 Å². The second-order valence-corrected chi connectivity index (χ2v) is 9.19. The number of hydrogen-bond donors (Lipinski definition) is 0. The molecule has 0 saturated carbocycles. The number of benzene rings is 2. The van der Waals surface area contributed by atoms with Crippen LogP contribution < -0.4 is 9.47 Å². The SMILES string of the molecule is CC1(C)c2cccc(n2)Oc2cc(c(F)c([N+](=O)[O-])c2F)C(=O)c2cc(c(F)c([N+](=O)[O-])c2F)Oc2cccc1n2. The van der Waals surface area contributed by atoms with E-state index in [1.807, 2.05) is 0 Å². The van der Waals surface area contributed by atoms with E-state index in [-0.39, 0.29) is 23.1 Å². The highest BCUT2D eigenvalue weighted by atomic mass is 19.1. The van der Waals surface area contributed by atoms with Crippen molar-refractivity contribution in [1.82, 2.24) is 9.97 Å². The Bertz CT molecular complexity index is 1690. The molecule has 0 radical (unpaired) electrons. The van der Waals surface area contributed by atoms with Gasteiger partial charge in [-0.1, -0.05) is 12.1 Å². The number of pyridine rings is 2. The number of ketones is 1. The zero-order chi connectivity index (χ0) is 29.8. The third-order valence-corrected chi connectivity index (χ3v) is 6.30. The van der Waals surface area contributed by atoms with Crippen molar-refractivity contribution in [2.75, 3.05) is 0 Å². The Balaban J connectivity index is 1.88. The average Bonchev–Trinajstić information content (AvgIpc) is 2.91. The minimum Gasteiger partial charge on any atom is -0.436 e. The number of ether oxygens (including phenoxy) is 2. The summed E-state index contributed by atoms with van der Waals surface area (Å²) in [6.07, 6.45) is 0. The van der Waals surface area contributed by atoms with Crippen LogP contribution in [-0.2, 0) is 5.41 Å². The lowest BCUT2D eigenvalue weighted by atomic mass is 9.84. The molecule has 0 unspecified atom stereocenters. The second-order valence-electron chi connectivity index (χ2n) is 9.19. The Morgan fingerprint density at radius 2 is 1.10 bits per heavy atom. The monoisotopic (exact) mass is 570 g/mol. The molecule has 0 saturated heterocycles. The van der Waals surface area contributed by atoms with Crippen molar-refractivity contribution in [2.24, 2.45) is 0 Å². The fraction of sp³-hybridized carbons (Fsp3) is 0.115. The van der Waals surface area contributed by atoms with Crippen molar-refractivity contribution in [3.05, 3.63) is 115 Å². The van der Waals surface area contributed by atoms with Crippen LogP contribution in [0.4, 0.5) is 28.9 Å². The van der Waals surface area contributed by atoms with E-state index in [1.54, 1.807) is 26.0 Å². The van der Waals surface area contributed by atoms with Crippen LogP contribution >= 0.6 is 0 Å². The number of rotatable bonds is 2. The van der Waals surface area contributed by atoms with Crippen LogP contribution in [0.15, 0.2) is 48.5 Å². The molecule has 0 atom stereocenters. The highest BCUT2D eigenvalue weighted by Gasteiger charge is 2.37. The predicted molar refractivity (Wildman–Crippen MR) is 130 cm³/mol. The van der Waals surface area contributed by atoms with Crippen LogP contribution in [0.3, 0.4) is 0 Å². The van der Waals surface area contributed by atoms with Gasteiger partial charge in [0.2, 0.25) is 35.0 Å². The number of nitro benzene ring substituents is 2. The highest BCUT2D eigenvalue weighted by Crippen LogP contribution is 2.40. The number of nitro groups is 2. The maximum Gasteiger partial charge on any atom is 0.344 e. The van der Waals surface area contributed by atoms with Crippen LogP contribution in [-0.4, -0.2) is 25.6 Å². The van der Waals surface area contributed by atoms with Crippen molar-refractivity contribution in [1.29, 1.82) is 0 Å². The van der Waals surface area contributed by atoms with Gasteiger partial charge in [-0.25, -0.2) is 9.97 Å². The van der Waals surface area contributed by atoms with Crippen LogP contribution in [0.2, 0.25) is 0 Å². The van der Waals surface area contributed by atoms with Gasteiger partial charge in [-0.05, 0) is 38.1 Å². The molecule has 11 nitrogen and oxygen atoms in total. The quantitative estimate of drug-likeness (QED) is 0.154. The number of fused-ring (bicyclic) bond motifs is 8. The van der Waals surface area contributed by atoms with E-state index in [9.17, 15) is 25.0 Å². The van der Waals surface area contributed by atoms with E-state index in [0.29, 0.717) is 12.1 Å². The molecule has 2 aromatic carbocycles. The van der Waals surface area contributed by atoms with E-state index in [2.05, 4.69) is 9.97 Å². The smallest absolute Gasteiger partial charge is 0.344 e. The van der Waals surface area contributed by atoms with Gasteiger partial charge in [0.25, 0.3) is 0 Å². The zero-order valence-corrected chi connectivity index (χ0v) is 20.8. The van der Waals surface area contributed by atoms with E-state index < -0.39 is 78.3 Å². The minimum absolute atomic E-state index is 0.283. The molecule has 0 spiro atoms. The lowest BCUT2D eigenvalue weighted by Gasteiger charge is -2.24. The van der Waals surface area contributed by atoms with E-state index in [0.717, 1.165) is 0 Å². The largest absolute Gasteiger partial charge is 0.436 e. The van der Waals surface area contributed by atoms with Crippen molar-refractivity contribution in [2.45, 2.75) is 19.3 Å². The zero-order valence-electron chi connectivity index (χ0n) is 20.8. The first kappa shape index (κ1) is 27.1. The van der Waals surface area contributed by atoms with Gasteiger partial charge in [0.05, 0.1) is 32.4 Å². The number of nitrogens with zero attached hydrogens (tertiary/aromatic N) is 4. The van der Waals surface area contributed by atoms with Crippen LogP contribution in [0, 0.1) is 43.5 Å². The number of aromatic nitrogens is 2. The van der Waals surface area contributed by atoms with Gasteiger partial charge in [0.15, 0.2) is 17.3 Å². The van der Waals surface area contributed by atoms with Gasteiger partial charge in [-0.3, -0.25) is 25.0 Å².